The van der Waals surface area contributed by atoms with E-state index >= 15 is 0 Å². The third-order valence-corrected chi connectivity index (χ3v) is 2.39. The maximum atomic E-state index is 9.59. The van der Waals surface area contributed by atoms with Gasteiger partial charge in [0.1, 0.15) is 0 Å². The van der Waals surface area contributed by atoms with Crippen molar-refractivity contribution in [2.24, 2.45) is 5.92 Å². The van der Waals surface area contributed by atoms with Crippen molar-refractivity contribution >= 4 is 0 Å². The topological polar surface area (TPSA) is 20.2 Å². The molecule has 0 saturated carbocycles. The molecular formula is C8H18O. The fourth-order valence-electron chi connectivity index (χ4n) is 0.788. The molecule has 56 valence electrons. The average molecular weight is 130 g/mol. The molecule has 1 N–H and O–H groups in total. The summed E-state index contributed by atoms with van der Waals surface area (Å²) in [5, 5.41) is 9.59. The van der Waals surface area contributed by atoms with Gasteiger partial charge in [0.15, 0.2) is 0 Å². The number of hydrogen-bond donors (Lipinski definition) is 1. The van der Waals surface area contributed by atoms with Gasteiger partial charge in [0.2, 0.25) is 0 Å². The van der Waals surface area contributed by atoms with Gasteiger partial charge in [-0.2, -0.15) is 0 Å². The Hall–Kier alpha value is -0.0400. The Morgan fingerprint density at radius 2 is 1.89 bits per heavy atom. The first kappa shape index (κ1) is 8.96. The van der Waals surface area contributed by atoms with E-state index in [0.717, 1.165) is 12.8 Å². The molecule has 1 heteroatoms. The van der Waals surface area contributed by atoms with Crippen LogP contribution in [0.25, 0.3) is 0 Å². The van der Waals surface area contributed by atoms with Gasteiger partial charge in [-0.05, 0) is 19.3 Å². The molecule has 0 saturated heterocycles. The Labute approximate surface area is 58.1 Å². The van der Waals surface area contributed by atoms with Gasteiger partial charge in [0.05, 0.1) is 5.60 Å². The lowest BCUT2D eigenvalue weighted by Gasteiger charge is -2.27. The molecule has 0 radical (unpaired) electrons. The lowest BCUT2D eigenvalue weighted by molar-refractivity contribution is 0.00130. The largest absolute Gasteiger partial charge is 0.390 e. The van der Waals surface area contributed by atoms with E-state index in [1.807, 2.05) is 13.8 Å². The van der Waals surface area contributed by atoms with Crippen LogP contribution in [0.4, 0.5) is 0 Å². The molecule has 0 unspecified atom stereocenters. The van der Waals surface area contributed by atoms with E-state index in [1.165, 1.54) is 0 Å². The lowest BCUT2D eigenvalue weighted by atomic mass is 9.87. The second-order valence-corrected chi connectivity index (χ2v) is 3.02. The zero-order valence-corrected chi connectivity index (χ0v) is 6.94. The van der Waals surface area contributed by atoms with Crippen molar-refractivity contribution < 1.29 is 5.11 Å². The van der Waals surface area contributed by atoms with Crippen LogP contribution in [0.3, 0.4) is 0 Å². The summed E-state index contributed by atoms with van der Waals surface area (Å²) in [7, 11) is 0. The molecule has 0 aromatic rings. The minimum atomic E-state index is -0.450. The number of rotatable bonds is 3. The number of aliphatic hydroxyl groups is 1. The molecule has 0 aliphatic carbocycles. The van der Waals surface area contributed by atoms with E-state index in [0.29, 0.717) is 5.92 Å². The molecular weight excluding hydrogens is 112 g/mol. The second-order valence-electron chi connectivity index (χ2n) is 3.02. The second kappa shape index (κ2) is 3.21. The third-order valence-electron chi connectivity index (χ3n) is 2.39. The fourth-order valence-corrected chi connectivity index (χ4v) is 0.788. The van der Waals surface area contributed by atoms with Crippen LogP contribution in [0.2, 0.25) is 0 Å². The highest BCUT2D eigenvalue weighted by Crippen LogP contribution is 2.22. The van der Waals surface area contributed by atoms with E-state index in [9.17, 15) is 5.11 Å². The summed E-state index contributed by atoms with van der Waals surface area (Å²) >= 11 is 0. The summed E-state index contributed by atoms with van der Waals surface area (Å²) in [6.07, 6.45) is 1.91. The van der Waals surface area contributed by atoms with Crippen LogP contribution in [0.15, 0.2) is 0 Å². The molecule has 9 heavy (non-hydrogen) atoms. The van der Waals surface area contributed by atoms with Gasteiger partial charge < -0.3 is 5.11 Å². The first-order valence-electron chi connectivity index (χ1n) is 3.77. The number of hydrogen-bond acceptors (Lipinski definition) is 1. The highest BCUT2D eigenvalue weighted by molar-refractivity contribution is 4.75. The van der Waals surface area contributed by atoms with Crippen molar-refractivity contribution in [1.82, 2.24) is 0 Å². The first-order chi connectivity index (χ1) is 4.04. The van der Waals surface area contributed by atoms with Crippen molar-refractivity contribution in [1.29, 1.82) is 0 Å². The van der Waals surface area contributed by atoms with Gasteiger partial charge in [-0.15, -0.1) is 0 Å². The van der Waals surface area contributed by atoms with Crippen molar-refractivity contribution in [3.63, 3.8) is 0 Å². The summed E-state index contributed by atoms with van der Waals surface area (Å²) in [6, 6.07) is 0. The summed E-state index contributed by atoms with van der Waals surface area (Å²) in [6.45, 7) is 8.12. The fraction of sp³-hybridized carbons (Fsp3) is 1.00. The molecule has 0 aliphatic rings. The Kier molecular flexibility index (Phi) is 3.20. The molecule has 0 aromatic carbocycles. The molecule has 0 bridgehead atoms. The molecule has 0 aliphatic heterocycles. The zero-order chi connectivity index (χ0) is 7.49. The normalized spacial score (nSPS) is 21.0. The maximum Gasteiger partial charge on any atom is 0.0642 e. The van der Waals surface area contributed by atoms with E-state index in [1.54, 1.807) is 0 Å². The minimum absolute atomic E-state index is 0.419. The van der Waals surface area contributed by atoms with Crippen LogP contribution in [0.5, 0.6) is 0 Å². The molecule has 2 atom stereocenters. The SMILES string of the molecule is CC[C@@H](C)[C@@](C)(O)CC. The summed E-state index contributed by atoms with van der Waals surface area (Å²) in [4.78, 5) is 0. The van der Waals surface area contributed by atoms with E-state index in [4.69, 9.17) is 0 Å². The Morgan fingerprint density at radius 1 is 1.44 bits per heavy atom. The summed E-state index contributed by atoms with van der Waals surface area (Å²) < 4.78 is 0. The van der Waals surface area contributed by atoms with Crippen molar-refractivity contribution in [3.05, 3.63) is 0 Å². The highest BCUT2D eigenvalue weighted by atomic mass is 16.3. The Bertz CT molecular complexity index is 76.6. The predicted molar refractivity (Wildman–Crippen MR) is 40.4 cm³/mol. The van der Waals surface area contributed by atoms with Gasteiger partial charge in [-0.25, -0.2) is 0 Å². The quantitative estimate of drug-likeness (QED) is 0.621. The molecule has 1 nitrogen and oxygen atoms in total. The Morgan fingerprint density at radius 3 is 2.00 bits per heavy atom. The van der Waals surface area contributed by atoms with E-state index < -0.39 is 5.60 Å². The van der Waals surface area contributed by atoms with Crippen molar-refractivity contribution in [2.75, 3.05) is 0 Å². The molecule has 0 rings (SSSR count). The average Bonchev–Trinajstić information content (AvgIpc) is 1.86. The van der Waals surface area contributed by atoms with Gasteiger partial charge in [0.25, 0.3) is 0 Å². The third kappa shape index (κ3) is 2.35. The summed E-state index contributed by atoms with van der Waals surface area (Å²) in [5.41, 5.74) is -0.450. The van der Waals surface area contributed by atoms with Crippen molar-refractivity contribution in [2.45, 2.75) is 46.1 Å². The molecule has 0 fully saturated rings. The van der Waals surface area contributed by atoms with Gasteiger partial charge >= 0.3 is 0 Å². The van der Waals surface area contributed by atoms with Gasteiger partial charge in [0, 0.05) is 0 Å². The van der Waals surface area contributed by atoms with Crippen LogP contribution in [-0.2, 0) is 0 Å². The summed E-state index contributed by atoms with van der Waals surface area (Å²) in [5.74, 6) is 0.419. The maximum absolute atomic E-state index is 9.59. The smallest absolute Gasteiger partial charge is 0.0642 e. The van der Waals surface area contributed by atoms with Crippen LogP contribution in [0, 0.1) is 5.92 Å². The first-order valence-corrected chi connectivity index (χ1v) is 3.77. The molecule has 0 spiro atoms. The molecule has 0 aromatic heterocycles. The Balaban J connectivity index is 3.80. The van der Waals surface area contributed by atoms with Crippen molar-refractivity contribution in [3.8, 4) is 0 Å². The predicted octanol–water partition coefficient (Wildman–Crippen LogP) is 2.19. The van der Waals surface area contributed by atoms with Gasteiger partial charge in [-0.1, -0.05) is 27.2 Å². The van der Waals surface area contributed by atoms with Crippen LogP contribution >= 0.6 is 0 Å². The highest BCUT2D eigenvalue weighted by Gasteiger charge is 2.23. The molecule has 0 amide bonds. The van der Waals surface area contributed by atoms with E-state index in [2.05, 4.69) is 13.8 Å². The van der Waals surface area contributed by atoms with Crippen LogP contribution in [-0.4, -0.2) is 10.7 Å². The molecule has 0 heterocycles. The van der Waals surface area contributed by atoms with Crippen LogP contribution < -0.4 is 0 Å². The monoisotopic (exact) mass is 130 g/mol. The van der Waals surface area contributed by atoms with E-state index in [-0.39, 0.29) is 0 Å². The lowest BCUT2D eigenvalue weighted by Crippen LogP contribution is -2.31. The van der Waals surface area contributed by atoms with Gasteiger partial charge in [-0.3, -0.25) is 0 Å². The minimum Gasteiger partial charge on any atom is -0.390 e. The standard InChI is InChI=1S/C8H18O/c1-5-7(3)8(4,9)6-2/h7,9H,5-6H2,1-4H3/t7-,8+/m1/s1. The van der Waals surface area contributed by atoms with Crippen LogP contribution in [0.1, 0.15) is 40.5 Å². The zero-order valence-electron chi connectivity index (χ0n) is 6.94.